The van der Waals surface area contributed by atoms with Gasteiger partial charge in [-0.2, -0.15) is 5.26 Å². The topological polar surface area (TPSA) is 57.9 Å². The molecule has 0 spiro atoms. The normalized spacial score (nSPS) is 15.6. The Morgan fingerprint density at radius 2 is 2.19 bits per heavy atom. The lowest BCUT2D eigenvalue weighted by Gasteiger charge is -2.16. The number of anilines is 1. The fraction of sp³-hybridized carbons (Fsp3) is 0.412. The van der Waals surface area contributed by atoms with Crippen LogP contribution in [0.2, 0.25) is 0 Å². The Morgan fingerprint density at radius 1 is 1.38 bits per heavy atom. The van der Waals surface area contributed by atoms with Crippen molar-refractivity contribution in [2.24, 2.45) is 5.41 Å². The van der Waals surface area contributed by atoms with Gasteiger partial charge in [-0.1, -0.05) is 18.2 Å². The van der Waals surface area contributed by atoms with Gasteiger partial charge in [-0.3, -0.25) is 0 Å². The SMILES string of the molecule is COCCC1(CNc2cc(C#N)c3ccccc3n2)CC1. The average molecular weight is 281 g/mol. The quantitative estimate of drug-likeness (QED) is 0.882. The molecule has 1 aliphatic rings. The van der Waals surface area contributed by atoms with E-state index in [4.69, 9.17) is 4.74 Å². The van der Waals surface area contributed by atoms with Crippen molar-refractivity contribution in [1.29, 1.82) is 5.26 Å². The Morgan fingerprint density at radius 3 is 2.90 bits per heavy atom. The molecule has 0 radical (unpaired) electrons. The standard InChI is InChI=1S/C17H19N3O/c1-21-9-8-17(6-7-17)12-19-16-10-13(11-18)14-4-2-3-5-15(14)20-16/h2-5,10H,6-9,12H2,1H3,(H,19,20). The molecule has 4 heteroatoms. The van der Waals surface area contributed by atoms with Crippen LogP contribution in [0.15, 0.2) is 30.3 Å². The van der Waals surface area contributed by atoms with Gasteiger partial charge < -0.3 is 10.1 Å². The molecule has 1 aromatic carbocycles. The number of rotatable bonds is 6. The zero-order valence-corrected chi connectivity index (χ0v) is 12.2. The first-order valence-electron chi connectivity index (χ1n) is 7.29. The molecule has 1 saturated carbocycles. The maximum absolute atomic E-state index is 9.29. The molecule has 1 fully saturated rings. The summed E-state index contributed by atoms with van der Waals surface area (Å²) >= 11 is 0. The van der Waals surface area contributed by atoms with Crippen molar-refractivity contribution in [3.05, 3.63) is 35.9 Å². The fourth-order valence-electron chi connectivity index (χ4n) is 2.65. The van der Waals surface area contributed by atoms with E-state index in [2.05, 4.69) is 16.4 Å². The number of hydrogen-bond acceptors (Lipinski definition) is 4. The third kappa shape index (κ3) is 2.98. The van der Waals surface area contributed by atoms with E-state index >= 15 is 0 Å². The zero-order valence-electron chi connectivity index (χ0n) is 12.2. The maximum Gasteiger partial charge on any atom is 0.128 e. The van der Waals surface area contributed by atoms with Crippen LogP contribution in [0.1, 0.15) is 24.8 Å². The van der Waals surface area contributed by atoms with Crippen molar-refractivity contribution in [3.63, 3.8) is 0 Å². The van der Waals surface area contributed by atoms with Crippen molar-refractivity contribution in [3.8, 4) is 6.07 Å². The number of nitrogens with one attached hydrogen (secondary N) is 1. The van der Waals surface area contributed by atoms with E-state index in [0.29, 0.717) is 11.0 Å². The van der Waals surface area contributed by atoms with E-state index in [-0.39, 0.29) is 0 Å². The minimum Gasteiger partial charge on any atom is -0.385 e. The van der Waals surface area contributed by atoms with Crippen LogP contribution < -0.4 is 5.32 Å². The molecule has 0 bridgehead atoms. The van der Waals surface area contributed by atoms with E-state index in [1.54, 1.807) is 7.11 Å². The molecule has 1 aliphatic carbocycles. The predicted molar refractivity (Wildman–Crippen MR) is 83.1 cm³/mol. The average Bonchev–Trinajstić information content (AvgIpc) is 3.30. The number of ether oxygens (including phenoxy) is 1. The van der Waals surface area contributed by atoms with Gasteiger partial charge in [-0.15, -0.1) is 0 Å². The second-order valence-corrected chi connectivity index (χ2v) is 5.78. The Balaban J connectivity index is 1.77. The predicted octanol–water partition coefficient (Wildman–Crippen LogP) is 3.34. The molecule has 108 valence electrons. The number of hydrogen-bond donors (Lipinski definition) is 1. The third-order valence-electron chi connectivity index (χ3n) is 4.27. The van der Waals surface area contributed by atoms with Gasteiger partial charge in [0.2, 0.25) is 0 Å². The van der Waals surface area contributed by atoms with Crippen LogP contribution in [0, 0.1) is 16.7 Å². The number of para-hydroxylation sites is 1. The largest absolute Gasteiger partial charge is 0.385 e. The highest BCUT2D eigenvalue weighted by molar-refractivity contribution is 5.86. The smallest absolute Gasteiger partial charge is 0.128 e. The van der Waals surface area contributed by atoms with Crippen LogP contribution in [0.4, 0.5) is 5.82 Å². The number of fused-ring (bicyclic) bond motifs is 1. The van der Waals surface area contributed by atoms with Gasteiger partial charge in [-0.05, 0) is 36.8 Å². The van der Waals surface area contributed by atoms with Crippen LogP contribution in [0.3, 0.4) is 0 Å². The van der Waals surface area contributed by atoms with Gasteiger partial charge in [0.1, 0.15) is 5.82 Å². The summed E-state index contributed by atoms with van der Waals surface area (Å²) in [6.45, 7) is 1.70. The monoisotopic (exact) mass is 281 g/mol. The van der Waals surface area contributed by atoms with E-state index in [0.717, 1.165) is 36.3 Å². The summed E-state index contributed by atoms with van der Waals surface area (Å²) in [4.78, 5) is 4.60. The van der Waals surface area contributed by atoms with Gasteiger partial charge in [0, 0.05) is 25.6 Å². The molecule has 0 amide bonds. The van der Waals surface area contributed by atoms with Crippen LogP contribution >= 0.6 is 0 Å². The van der Waals surface area contributed by atoms with Crippen molar-refractivity contribution in [1.82, 2.24) is 4.98 Å². The van der Waals surface area contributed by atoms with Crippen LogP contribution in [0.25, 0.3) is 10.9 Å². The first-order chi connectivity index (χ1) is 10.3. The van der Waals surface area contributed by atoms with Gasteiger partial charge in [0.15, 0.2) is 0 Å². The second-order valence-electron chi connectivity index (χ2n) is 5.78. The molecule has 1 heterocycles. The lowest BCUT2D eigenvalue weighted by molar-refractivity contribution is 0.175. The molecule has 0 aliphatic heterocycles. The fourth-order valence-corrected chi connectivity index (χ4v) is 2.65. The van der Waals surface area contributed by atoms with Crippen LogP contribution in [-0.2, 0) is 4.74 Å². The summed E-state index contributed by atoms with van der Waals surface area (Å²) in [6, 6.07) is 11.9. The number of benzene rings is 1. The molecule has 1 N–H and O–H groups in total. The van der Waals surface area contributed by atoms with Gasteiger partial charge in [0.05, 0.1) is 17.1 Å². The number of methoxy groups -OCH3 is 1. The minimum absolute atomic E-state index is 0.357. The Labute approximate surface area is 124 Å². The van der Waals surface area contributed by atoms with Crippen molar-refractivity contribution < 1.29 is 4.74 Å². The van der Waals surface area contributed by atoms with Crippen LogP contribution in [0.5, 0.6) is 0 Å². The lowest BCUT2D eigenvalue weighted by Crippen LogP contribution is -2.18. The number of nitrogens with zero attached hydrogens (tertiary/aromatic N) is 2. The number of nitriles is 1. The van der Waals surface area contributed by atoms with Gasteiger partial charge >= 0.3 is 0 Å². The minimum atomic E-state index is 0.357. The van der Waals surface area contributed by atoms with E-state index in [9.17, 15) is 5.26 Å². The molecular formula is C17H19N3O. The first kappa shape index (κ1) is 13.8. The molecule has 3 rings (SSSR count). The van der Waals surface area contributed by atoms with E-state index in [1.807, 2.05) is 30.3 Å². The van der Waals surface area contributed by atoms with Gasteiger partial charge in [-0.25, -0.2) is 4.98 Å². The highest BCUT2D eigenvalue weighted by atomic mass is 16.5. The molecule has 0 unspecified atom stereocenters. The Bertz CT molecular complexity index is 686. The van der Waals surface area contributed by atoms with E-state index in [1.165, 1.54) is 12.8 Å². The summed E-state index contributed by atoms with van der Waals surface area (Å²) in [5, 5.41) is 13.6. The number of aromatic nitrogens is 1. The van der Waals surface area contributed by atoms with Gasteiger partial charge in [0.25, 0.3) is 0 Å². The Hall–Kier alpha value is -2.12. The zero-order chi connectivity index (χ0) is 14.7. The highest BCUT2D eigenvalue weighted by Crippen LogP contribution is 2.48. The molecule has 0 saturated heterocycles. The third-order valence-corrected chi connectivity index (χ3v) is 4.27. The maximum atomic E-state index is 9.29. The number of pyridine rings is 1. The summed E-state index contributed by atoms with van der Waals surface area (Å²) in [5.41, 5.74) is 1.89. The lowest BCUT2D eigenvalue weighted by atomic mass is 10.0. The van der Waals surface area contributed by atoms with Crippen LogP contribution in [-0.4, -0.2) is 25.2 Å². The van der Waals surface area contributed by atoms with E-state index < -0.39 is 0 Å². The summed E-state index contributed by atoms with van der Waals surface area (Å²) in [5.74, 6) is 0.786. The molecule has 2 aromatic rings. The molecule has 21 heavy (non-hydrogen) atoms. The molecule has 1 aromatic heterocycles. The molecule has 0 atom stereocenters. The Kier molecular flexibility index (Phi) is 3.76. The first-order valence-corrected chi connectivity index (χ1v) is 7.29. The molecular weight excluding hydrogens is 262 g/mol. The van der Waals surface area contributed by atoms with Crippen molar-refractivity contribution in [2.45, 2.75) is 19.3 Å². The van der Waals surface area contributed by atoms with Crippen molar-refractivity contribution >= 4 is 16.7 Å². The second kappa shape index (κ2) is 5.71. The summed E-state index contributed by atoms with van der Waals surface area (Å²) in [6.07, 6.45) is 3.55. The van der Waals surface area contributed by atoms with Crippen molar-refractivity contribution in [2.75, 3.05) is 25.6 Å². The molecule has 4 nitrogen and oxygen atoms in total. The summed E-state index contributed by atoms with van der Waals surface area (Å²) in [7, 11) is 1.74. The highest BCUT2D eigenvalue weighted by Gasteiger charge is 2.41. The summed E-state index contributed by atoms with van der Waals surface area (Å²) < 4.78 is 5.18.